The summed E-state index contributed by atoms with van der Waals surface area (Å²) in [4.78, 5) is 30.6. The van der Waals surface area contributed by atoms with Crippen LogP contribution in [0, 0.1) is 11.6 Å². The molecule has 1 aliphatic rings. The van der Waals surface area contributed by atoms with Crippen molar-refractivity contribution in [3.63, 3.8) is 0 Å². The molecule has 9 heteroatoms. The number of pyridine rings is 1. The topological polar surface area (TPSA) is 83.6 Å². The molecule has 0 unspecified atom stereocenters. The van der Waals surface area contributed by atoms with Crippen molar-refractivity contribution in [2.45, 2.75) is 32.5 Å². The minimum Gasteiger partial charge on any atom is -0.481 e. The lowest BCUT2D eigenvalue weighted by Crippen LogP contribution is -2.51. The molecule has 0 fully saturated rings. The average molecular weight is 390 g/mol. The van der Waals surface area contributed by atoms with Gasteiger partial charge in [0.2, 0.25) is 11.8 Å². The van der Waals surface area contributed by atoms with E-state index in [1.165, 1.54) is 18.1 Å². The number of halogens is 2. The lowest BCUT2D eigenvalue weighted by molar-refractivity contribution is -0.125. The molecule has 7 nitrogen and oxygen atoms in total. The zero-order valence-electron chi connectivity index (χ0n) is 15.6. The zero-order valence-corrected chi connectivity index (χ0v) is 15.6. The Kier molecular flexibility index (Phi) is 5.43. The number of methoxy groups -OCH3 is 1. The highest BCUT2D eigenvalue weighted by Crippen LogP contribution is 2.26. The molecule has 1 aliphatic heterocycles. The van der Waals surface area contributed by atoms with E-state index in [1.54, 1.807) is 26.0 Å². The number of urea groups is 1. The Balaban J connectivity index is 1.72. The fraction of sp³-hybridized carbons (Fsp3) is 0.316. The van der Waals surface area contributed by atoms with E-state index in [9.17, 15) is 18.4 Å². The van der Waals surface area contributed by atoms with Gasteiger partial charge in [0.05, 0.1) is 31.1 Å². The summed E-state index contributed by atoms with van der Waals surface area (Å²) < 4.78 is 32.1. The number of ether oxygens (including phenoxy) is 1. The van der Waals surface area contributed by atoms with Crippen molar-refractivity contribution < 1.29 is 23.1 Å². The summed E-state index contributed by atoms with van der Waals surface area (Å²) in [5.41, 5.74) is 1.27. The number of amides is 3. The third-order valence-electron chi connectivity index (χ3n) is 4.62. The smallest absolute Gasteiger partial charge is 0.322 e. The lowest BCUT2D eigenvalue weighted by atomic mass is 10.1. The van der Waals surface area contributed by atoms with Crippen molar-refractivity contribution in [3.05, 3.63) is 53.2 Å². The summed E-state index contributed by atoms with van der Waals surface area (Å²) in [5.74, 6) is -1.52. The first-order valence-corrected chi connectivity index (χ1v) is 8.67. The summed E-state index contributed by atoms with van der Waals surface area (Å²) in [6.07, 6.45) is 0. The molecule has 3 rings (SSSR count). The molecule has 0 aliphatic carbocycles. The second-order valence-electron chi connectivity index (χ2n) is 6.48. The Morgan fingerprint density at radius 1 is 1.29 bits per heavy atom. The molecule has 2 aromatic rings. The van der Waals surface area contributed by atoms with Gasteiger partial charge in [0.15, 0.2) is 0 Å². The van der Waals surface area contributed by atoms with Crippen LogP contribution in [0.1, 0.15) is 31.1 Å². The Morgan fingerprint density at radius 3 is 2.71 bits per heavy atom. The molecule has 2 heterocycles. The second kappa shape index (κ2) is 7.79. The molecule has 0 saturated heterocycles. The minimum absolute atomic E-state index is 0.117. The van der Waals surface area contributed by atoms with E-state index >= 15 is 0 Å². The van der Waals surface area contributed by atoms with Crippen LogP contribution in [0.25, 0.3) is 0 Å². The van der Waals surface area contributed by atoms with E-state index in [-0.39, 0.29) is 12.1 Å². The van der Waals surface area contributed by atoms with Crippen molar-refractivity contribution in [2.75, 3.05) is 12.4 Å². The first-order valence-electron chi connectivity index (χ1n) is 8.67. The van der Waals surface area contributed by atoms with Gasteiger partial charge in [0.25, 0.3) is 0 Å². The maximum Gasteiger partial charge on any atom is 0.322 e. The Hall–Kier alpha value is -3.23. The molecule has 0 saturated carbocycles. The summed E-state index contributed by atoms with van der Waals surface area (Å²) in [7, 11) is 1.49. The number of benzene rings is 1. The molecule has 2 N–H and O–H groups in total. The molecule has 1 aromatic heterocycles. The second-order valence-corrected chi connectivity index (χ2v) is 6.48. The number of carbonyl (C=O) groups is 2. The largest absolute Gasteiger partial charge is 0.481 e. The number of anilines is 1. The Labute approximate surface area is 160 Å². The van der Waals surface area contributed by atoms with Gasteiger partial charge in [-0.15, -0.1) is 0 Å². The minimum atomic E-state index is -0.841. The quantitative estimate of drug-likeness (QED) is 0.822. The van der Waals surface area contributed by atoms with Gasteiger partial charge in [-0.25, -0.2) is 18.6 Å². The molecule has 1 aromatic carbocycles. The van der Waals surface area contributed by atoms with Crippen LogP contribution in [0.4, 0.5) is 19.3 Å². The number of carbonyl (C=O) groups excluding carboxylic acids is 2. The number of rotatable bonds is 5. The highest BCUT2D eigenvalue weighted by atomic mass is 19.1. The first-order chi connectivity index (χ1) is 13.3. The fourth-order valence-electron chi connectivity index (χ4n) is 2.97. The summed E-state index contributed by atoms with van der Waals surface area (Å²) in [6, 6.07) is 4.49. The van der Waals surface area contributed by atoms with Crippen molar-refractivity contribution in [3.8, 4) is 5.88 Å². The summed E-state index contributed by atoms with van der Waals surface area (Å²) >= 11 is 0. The van der Waals surface area contributed by atoms with Crippen molar-refractivity contribution in [2.24, 2.45) is 0 Å². The molecule has 3 amide bonds. The third kappa shape index (κ3) is 3.88. The van der Waals surface area contributed by atoms with Gasteiger partial charge in [0, 0.05) is 17.7 Å². The van der Waals surface area contributed by atoms with Crippen LogP contribution in [-0.2, 0) is 11.3 Å². The van der Waals surface area contributed by atoms with Crippen LogP contribution < -0.4 is 15.4 Å². The first kappa shape index (κ1) is 19.5. The van der Waals surface area contributed by atoms with E-state index in [0.717, 1.165) is 12.1 Å². The van der Waals surface area contributed by atoms with E-state index in [0.29, 0.717) is 17.3 Å². The predicted octanol–water partition coefficient (Wildman–Crippen LogP) is 2.98. The van der Waals surface area contributed by atoms with Crippen LogP contribution in [-0.4, -0.2) is 35.0 Å². The standard InChI is InChI=1S/C19H20F2N4O3/c1-10(13-5-4-12(20)8-14(13)21)22-18(26)11(2)25-9-16-15(24-19(25)27)6-7-17(23-16)28-3/h4-8,10-11H,9H2,1-3H3,(H,22,26)(H,24,27)/t10-,11+/m0/s1. The van der Waals surface area contributed by atoms with Crippen LogP contribution in [0.5, 0.6) is 5.88 Å². The number of hydrogen-bond acceptors (Lipinski definition) is 4. The third-order valence-corrected chi connectivity index (χ3v) is 4.62. The number of nitrogens with zero attached hydrogens (tertiary/aromatic N) is 2. The molecular formula is C19H20F2N4O3. The number of nitrogens with one attached hydrogen (secondary N) is 2. The van der Waals surface area contributed by atoms with Crippen LogP contribution in [0.3, 0.4) is 0 Å². The number of fused-ring (bicyclic) bond motifs is 1. The molecular weight excluding hydrogens is 370 g/mol. The van der Waals surface area contributed by atoms with Crippen molar-refractivity contribution in [1.82, 2.24) is 15.2 Å². The molecule has 0 spiro atoms. The average Bonchev–Trinajstić information content (AvgIpc) is 2.66. The van der Waals surface area contributed by atoms with Gasteiger partial charge >= 0.3 is 6.03 Å². The molecule has 0 radical (unpaired) electrons. The number of hydrogen-bond donors (Lipinski definition) is 2. The number of aromatic nitrogens is 1. The molecule has 28 heavy (non-hydrogen) atoms. The maximum absolute atomic E-state index is 13.9. The van der Waals surface area contributed by atoms with E-state index in [4.69, 9.17) is 4.74 Å². The van der Waals surface area contributed by atoms with Crippen LogP contribution >= 0.6 is 0 Å². The summed E-state index contributed by atoms with van der Waals surface area (Å²) in [5, 5.41) is 5.34. The zero-order chi connectivity index (χ0) is 20.4. The van der Waals surface area contributed by atoms with Crippen molar-refractivity contribution >= 4 is 17.6 Å². The van der Waals surface area contributed by atoms with E-state index in [2.05, 4.69) is 15.6 Å². The Bertz CT molecular complexity index is 922. The van der Waals surface area contributed by atoms with Crippen LogP contribution in [0.2, 0.25) is 0 Å². The molecule has 148 valence electrons. The van der Waals surface area contributed by atoms with E-state index in [1.807, 2.05) is 0 Å². The SMILES string of the molecule is COc1ccc2c(n1)CN([C@H](C)C(=O)N[C@@H](C)c1ccc(F)cc1F)C(=O)N2. The maximum atomic E-state index is 13.9. The monoisotopic (exact) mass is 390 g/mol. The van der Waals surface area contributed by atoms with Gasteiger partial charge in [-0.2, -0.15) is 0 Å². The molecule has 0 bridgehead atoms. The van der Waals surface area contributed by atoms with Gasteiger partial charge in [-0.1, -0.05) is 6.07 Å². The van der Waals surface area contributed by atoms with Crippen molar-refractivity contribution in [1.29, 1.82) is 0 Å². The highest BCUT2D eigenvalue weighted by molar-refractivity contribution is 5.95. The highest BCUT2D eigenvalue weighted by Gasteiger charge is 2.32. The van der Waals surface area contributed by atoms with Gasteiger partial charge in [0.1, 0.15) is 17.7 Å². The lowest BCUT2D eigenvalue weighted by Gasteiger charge is -2.33. The normalized spacial score (nSPS) is 15.3. The van der Waals surface area contributed by atoms with E-state index < -0.39 is 35.7 Å². The van der Waals surface area contributed by atoms with Crippen LogP contribution in [0.15, 0.2) is 30.3 Å². The fourth-order valence-corrected chi connectivity index (χ4v) is 2.97. The van der Waals surface area contributed by atoms with Gasteiger partial charge in [-0.05, 0) is 26.0 Å². The van der Waals surface area contributed by atoms with Gasteiger partial charge < -0.3 is 20.3 Å². The predicted molar refractivity (Wildman–Crippen MR) is 97.7 cm³/mol. The van der Waals surface area contributed by atoms with Gasteiger partial charge in [-0.3, -0.25) is 4.79 Å². The Morgan fingerprint density at radius 2 is 2.04 bits per heavy atom. The summed E-state index contributed by atoms with van der Waals surface area (Å²) in [6.45, 7) is 3.26. The molecule has 2 atom stereocenters.